The van der Waals surface area contributed by atoms with Crippen molar-refractivity contribution in [3.63, 3.8) is 0 Å². The Morgan fingerprint density at radius 3 is 2.67 bits per heavy atom. The first-order chi connectivity index (χ1) is 11.6. The Hall–Kier alpha value is -2.54. The van der Waals surface area contributed by atoms with E-state index in [1.54, 1.807) is 17.5 Å². The van der Waals surface area contributed by atoms with Gasteiger partial charge in [0.2, 0.25) is 0 Å². The minimum atomic E-state index is -0.0628. The van der Waals surface area contributed by atoms with Gasteiger partial charge in [-0.2, -0.15) is 5.10 Å². The normalized spacial score (nSPS) is 10.8. The van der Waals surface area contributed by atoms with Crippen molar-refractivity contribution in [1.29, 1.82) is 0 Å². The molecule has 124 valence electrons. The highest BCUT2D eigenvalue weighted by Crippen LogP contribution is 2.21. The molecule has 6 nitrogen and oxygen atoms in total. The molecule has 0 saturated carbocycles. The lowest BCUT2D eigenvalue weighted by Crippen LogP contribution is -2.25. The van der Waals surface area contributed by atoms with Gasteiger partial charge in [-0.05, 0) is 32.4 Å². The monoisotopic (exact) mass is 341 g/mol. The molecule has 1 amide bonds. The average molecular weight is 341 g/mol. The summed E-state index contributed by atoms with van der Waals surface area (Å²) in [4.78, 5) is 20.7. The van der Waals surface area contributed by atoms with Crippen molar-refractivity contribution in [3.05, 3.63) is 53.1 Å². The Kier molecular flexibility index (Phi) is 5.00. The van der Waals surface area contributed by atoms with Crippen LogP contribution in [0.1, 0.15) is 28.4 Å². The van der Waals surface area contributed by atoms with Gasteiger partial charge >= 0.3 is 0 Å². The molecule has 2 aromatic heterocycles. The SMILES string of the molecule is Cc1nc(C)n(CCCNC(=O)c2ccc(-c3nccs3)cc2)n1. The summed E-state index contributed by atoms with van der Waals surface area (Å²) in [6, 6.07) is 7.51. The van der Waals surface area contributed by atoms with Crippen molar-refractivity contribution in [2.24, 2.45) is 0 Å². The van der Waals surface area contributed by atoms with Crippen LogP contribution >= 0.6 is 11.3 Å². The fraction of sp³-hybridized carbons (Fsp3) is 0.294. The van der Waals surface area contributed by atoms with Gasteiger partial charge in [0.15, 0.2) is 0 Å². The van der Waals surface area contributed by atoms with Crippen molar-refractivity contribution in [2.75, 3.05) is 6.54 Å². The summed E-state index contributed by atoms with van der Waals surface area (Å²) in [7, 11) is 0. The molecule has 0 spiro atoms. The third-order valence-corrected chi connectivity index (χ3v) is 4.44. The predicted molar refractivity (Wildman–Crippen MR) is 94.0 cm³/mol. The molecule has 7 heteroatoms. The van der Waals surface area contributed by atoms with E-state index in [1.165, 1.54) is 0 Å². The zero-order valence-electron chi connectivity index (χ0n) is 13.7. The lowest BCUT2D eigenvalue weighted by atomic mass is 10.1. The summed E-state index contributed by atoms with van der Waals surface area (Å²) >= 11 is 1.58. The van der Waals surface area contributed by atoms with Crippen LogP contribution in [0.3, 0.4) is 0 Å². The van der Waals surface area contributed by atoms with Gasteiger partial charge < -0.3 is 5.32 Å². The number of hydrogen-bond acceptors (Lipinski definition) is 5. The van der Waals surface area contributed by atoms with Crippen molar-refractivity contribution in [3.8, 4) is 10.6 Å². The van der Waals surface area contributed by atoms with Crippen LogP contribution in [0.4, 0.5) is 0 Å². The molecule has 0 bridgehead atoms. The molecule has 0 radical (unpaired) electrons. The standard InChI is InChI=1S/C17H19N5OS/c1-12-20-13(2)22(21-12)10-3-8-18-16(23)14-4-6-15(7-5-14)17-19-9-11-24-17/h4-7,9,11H,3,8,10H2,1-2H3,(H,18,23). The number of benzene rings is 1. The highest BCUT2D eigenvalue weighted by molar-refractivity contribution is 7.13. The van der Waals surface area contributed by atoms with Crippen LogP contribution in [0, 0.1) is 13.8 Å². The molecular weight excluding hydrogens is 322 g/mol. The average Bonchev–Trinajstić information content (AvgIpc) is 3.21. The first kappa shape index (κ1) is 16.3. The molecule has 0 fully saturated rings. The molecule has 0 unspecified atom stereocenters. The molecule has 3 aromatic rings. The molecule has 1 N–H and O–H groups in total. The Balaban J connectivity index is 1.49. The summed E-state index contributed by atoms with van der Waals surface area (Å²) in [5.74, 6) is 1.61. The van der Waals surface area contributed by atoms with Gasteiger partial charge in [0, 0.05) is 35.8 Å². The van der Waals surface area contributed by atoms with E-state index in [0.29, 0.717) is 12.1 Å². The number of rotatable bonds is 6. The van der Waals surface area contributed by atoms with Gasteiger partial charge in [-0.1, -0.05) is 12.1 Å². The molecule has 2 heterocycles. The van der Waals surface area contributed by atoms with Gasteiger partial charge in [-0.25, -0.2) is 9.97 Å². The molecule has 3 rings (SSSR count). The quantitative estimate of drug-likeness (QED) is 0.700. The number of thiazole rings is 1. The zero-order chi connectivity index (χ0) is 16.9. The Labute approximate surface area is 144 Å². The van der Waals surface area contributed by atoms with Crippen LogP contribution in [-0.2, 0) is 6.54 Å². The fourth-order valence-electron chi connectivity index (χ4n) is 2.44. The number of carbonyl (C=O) groups excluding carboxylic acids is 1. The van der Waals surface area contributed by atoms with Crippen LogP contribution < -0.4 is 5.32 Å². The third-order valence-electron chi connectivity index (χ3n) is 3.62. The van der Waals surface area contributed by atoms with E-state index in [9.17, 15) is 4.79 Å². The van der Waals surface area contributed by atoms with Gasteiger partial charge in [-0.3, -0.25) is 9.48 Å². The number of aromatic nitrogens is 4. The highest BCUT2D eigenvalue weighted by Gasteiger charge is 2.07. The molecule has 1 aromatic carbocycles. The van der Waals surface area contributed by atoms with E-state index >= 15 is 0 Å². The zero-order valence-corrected chi connectivity index (χ0v) is 14.5. The second-order valence-electron chi connectivity index (χ2n) is 5.45. The molecule has 24 heavy (non-hydrogen) atoms. The topological polar surface area (TPSA) is 72.7 Å². The van der Waals surface area contributed by atoms with Crippen LogP contribution in [0.2, 0.25) is 0 Å². The smallest absolute Gasteiger partial charge is 0.251 e. The summed E-state index contributed by atoms with van der Waals surface area (Å²) in [6.07, 6.45) is 2.59. The minimum Gasteiger partial charge on any atom is -0.352 e. The molecular formula is C17H19N5OS. The molecule has 0 aliphatic heterocycles. The lowest BCUT2D eigenvalue weighted by Gasteiger charge is -2.06. The third kappa shape index (κ3) is 3.86. The van der Waals surface area contributed by atoms with E-state index in [4.69, 9.17) is 0 Å². The summed E-state index contributed by atoms with van der Waals surface area (Å²) in [5.41, 5.74) is 1.68. The first-order valence-corrected chi connectivity index (χ1v) is 8.67. The number of nitrogens with one attached hydrogen (secondary N) is 1. The summed E-state index contributed by atoms with van der Waals surface area (Å²) in [5, 5.41) is 10.1. The maximum absolute atomic E-state index is 12.2. The van der Waals surface area contributed by atoms with Crippen molar-refractivity contribution >= 4 is 17.2 Å². The number of carbonyl (C=O) groups is 1. The van der Waals surface area contributed by atoms with Crippen molar-refractivity contribution < 1.29 is 4.79 Å². The molecule has 0 saturated heterocycles. The van der Waals surface area contributed by atoms with Crippen LogP contribution in [0.5, 0.6) is 0 Å². The lowest BCUT2D eigenvalue weighted by molar-refractivity contribution is 0.0952. The van der Waals surface area contributed by atoms with E-state index < -0.39 is 0 Å². The molecule has 0 atom stereocenters. The maximum Gasteiger partial charge on any atom is 0.251 e. The summed E-state index contributed by atoms with van der Waals surface area (Å²) in [6.45, 7) is 5.16. The second kappa shape index (κ2) is 7.35. The Morgan fingerprint density at radius 2 is 2.04 bits per heavy atom. The maximum atomic E-state index is 12.2. The van der Waals surface area contributed by atoms with Crippen LogP contribution in [0.25, 0.3) is 10.6 Å². The van der Waals surface area contributed by atoms with E-state index in [1.807, 2.05) is 48.2 Å². The second-order valence-corrected chi connectivity index (χ2v) is 6.35. The molecule has 0 aliphatic rings. The fourth-order valence-corrected chi connectivity index (χ4v) is 3.08. The van der Waals surface area contributed by atoms with Crippen molar-refractivity contribution in [2.45, 2.75) is 26.8 Å². The van der Waals surface area contributed by atoms with Gasteiger partial charge in [0.1, 0.15) is 16.7 Å². The van der Waals surface area contributed by atoms with Gasteiger partial charge in [0.05, 0.1) is 0 Å². The van der Waals surface area contributed by atoms with Crippen LogP contribution in [0.15, 0.2) is 35.8 Å². The molecule has 0 aliphatic carbocycles. The van der Waals surface area contributed by atoms with E-state index in [-0.39, 0.29) is 5.91 Å². The van der Waals surface area contributed by atoms with Crippen molar-refractivity contribution in [1.82, 2.24) is 25.1 Å². The predicted octanol–water partition coefficient (Wildman–Crippen LogP) is 2.84. The van der Waals surface area contributed by atoms with Gasteiger partial charge in [-0.15, -0.1) is 11.3 Å². The number of amides is 1. The number of hydrogen-bond donors (Lipinski definition) is 1. The van der Waals surface area contributed by atoms with E-state index in [0.717, 1.165) is 35.2 Å². The van der Waals surface area contributed by atoms with E-state index in [2.05, 4.69) is 20.4 Å². The minimum absolute atomic E-state index is 0.0628. The number of aryl methyl sites for hydroxylation is 3. The highest BCUT2D eigenvalue weighted by atomic mass is 32.1. The first-order valence-electron chi connectivity index (χ1n) is 7.79. The number of nitrogens with zero attached hydrogens (tertiary/aromatic N) is 4. The Morgan fingerprint density at radius 1 is 1.25 bits per heavy atom. The van der Waals surface area contributed by atoms with Gasteiger partial charge in [0.25, 0.3) is 5.91 Å². The van der Waals surface area contributed by atoms with Crippen LogP contribution in [-0.4, -0.2) is 32.2 Å². The summed E-state index contributed by atoms with van der Waals surface area (Å²) < 4.78 is 1.87. The Bertz CT molecular complexity index is 808. The largest absolute Gasteiger partial charge is 0.352 e.